The fourth-order valence-corrected chi connectivity index (χ4v) is 1.61. The number of hydrogen-bond acceptors (Lipinski definition) is 5. The number of aromatic hydroxyl groups is 1. The molecule has 0 aliphatic heterocycles. The zero-order valence-electron chi connectivity index (χ0n) is 9.07. The number of aryl methyl sites for hydroxylation is 1. The highest BCUT2D eigenvalue weighted by molar-refractivity contribution is 5.55. The van der Waals surface area contributed by atoms with E-state index in [-0.39, 0.29) is 5.88 Å². The molecule has 0 saturated carbocycles. The van der Waals surface area contributed by atoms with E-state index in [0.717, 1.165) is 11.3 Å². The molecule has 0 fully saturated rings. The van der Waals surface area contributed by atoms with Gasteiger partial charge in [-0.15, -0.1) is 5.10 Å². The van der Waals surface area contributed by atoms with Crippen LogP contribution in [-0.4, -0.2) is 29.7 Å². The summed E-state index contributed by atoms with van der Waals surface area (Å²) < 4.78 is 1.59. The van der Waals surface area contributed by atoms with Gasteiger partial charge in [0.05, 0.1) is 0 Å². The molecule has 0 bridgehead atoms. The van der Waals surface area contributed by atoms with Crippen molar-refractivity contribution < 1.29 is 5.11 Å². The second kappa shape index (κ2) is 3.51. The Balaban J connectivity index is 2.24. The van der Waals surface area contributed by atoms with Crippen molar-refractivity contribution >= 4 is 5.78 Å². The van der Waals surface area contributed by atoms with Crippen LogP contribution in [0.2, 0.25) is 0 Å². The Morgan fingerprint density at radius 2 is 2.18 bits per heavy atom. The average Bonchev–Trinajstić information content (AvgIpc) is 2.74. The smallest absolute Gasteiger partial charge is 0.256 e. The highest BCUT2D eigenvalue weighted by Crippen LogP contribution is 2.16. The van der Waals surface area contributed by atoms with Gasteiger partial charge in [0.25, 0.3) is 5.78 Å². The number of hydrogen-bond donors (Lipinski definition) is 1. The van der Waals surface area contributed by atoms with Gasteiger partial charge in [-0.3, -0.25) is 4.98 Å². The molecule has 0 atom stereocenters. The molecule has 3 heterocycles. The summed E-state index contributed by atoms with van der Waals surface area (Å²) >= 11 is 0. The molecule has 0 saturated heterocycles. The molecule has 0 aliphatic rings. The van der Waals surface area contributed by atoms with Crippen LogP contribution in [0.5, 0.6) is 5.88 Å². The molecule has 0 aliphatic carbocycles. The number of rotatable bonds is 1. The number of nitrogens with zero attached hydrogens (tertiary/aromatic N) is 5. The Labute approximate surface area is 96.6 Å². The van der Waals surface area contributed by atoms with E-state index in [2.05, 4.69) is 20.1 Å². The molecule has 0 amide bonds. The first kappa shape index (κ1) is 9.71. The van der Waals surface area contributed by atoms with Crippen LogP contribution in [0.1, 0.15) is 5.69 Å². The minimum absolute atomic E-state index is 0.0554. The van der Waals surface area contributed by atoms with Gasteiger partial charge in [0.15, 0.2) is 5.82 Å². The lowest BCUT2D eigenvalue weighted by Gasteiger charge is -1.96. The first-order valence-corrected chi connectivity index (χ1v) is 5.08. The van der Waals surface area contributed by atoms with Crippen LogP contribution in [0, 0.1) is 6.92 Å². The van der Waals surface area contributed by atoms with Crippen LogP contribution in [-0.2, 0) is 0 Å². The number of fused-ring (bicyclic) bond motifs is 1. The van der Waals surface area contributed by atoms with Crippen LogP contribution in [0.4, 0.5) is 0 Å². The van der Waals surface area contributed by atoms with Crippen LogP contribution in [0.3, 0.4) is 0 Å². The predicted octanol–water partition coefficient (Wildman–Crippen LogP) is 1.20. The minimum Gasteiger partial charge on any atom is -0.493 e. The Morgan fingerprint density at radius 3 is 2.94 bits per heavy atom. The Bertz CT molecular complexity index is 677. The lowest BCUT2D eigenvalue weighted by atomic mass is 10.3. The standard InChI is InChI=1S/C11H9N5O/c1-7-5-9(17)13-11-14-10(15-16(7)11)8-3-2-4-12-6-8/h2-6H,1H3,(H,13,14,15,17). The van der Waals surface area contributed by atoms with Crippen molar-refractivity contribution in [1.82, 2.24) is 24.6 Å². The third-order valence-corrected chi connectivity index (χ3v) is 2.40. The molecule has 17 heavy (non-hydrogen) atoms. The fraction of sp³-hybridized carbons (Fsp3) is 0.0909. The van der Waals surface area contributed by atoms with Gasteiger partial charge in [-0.05, 0) is 19.1 Å². The van der Waals surface area contributed by atoms with Crippen molar-refractivity contribution in [3.63, 3.8) is 0 Å². The fourth-order valence-electron chi connectivity index (χ4n) is 1.61. The van der Waals surface area contributed by atoms with Crippen LogP contribution < -0.4 is 0 Å². The summed E-state index contributed by atoms with van der Waals surface area (Å²) in [4.78, 5) is 12.2. The van der Waals surface area contributed by atoms with Gasteiger partial charge in [0.2, 0.25) is 5.88 Å². The van der Waals surface area contributed by atoms with Crippen molar-refractivity contribution in [2.24, 2.45) is 0 Å². The summed E-state index contributed by atoms with van der Waals surface area (Å²) in [5.74, 6) is 0.862. The lowest BCUT2D eigenvalue weighted by molar-refractivity contribution is 0.452. The van der Waals surface area contributed by atoms with Crippen molar-refractivity contribution in [3.8, 4) is 17.3 Å². The summed E-state index contributed by atoms with van der Waals surface area (Å²) in [6.45, 7) is 1.83. The van der Waals surface area contributed by atoms with Gasteiger partial charge in [-0.2, -0.15) is 9.97 Å². The monoisotopic (exact) mass is 227 g/mol. The molecule has 0 unspecified atom stereocenters. The molecule has 1 N–H and O–H groups in total. The average molecular weight is 227 g/mol. The normalized spacial score (nSPS) is 10.9. The summed E-state index contributed by atoms with van der Waals surface area (Å²) in [5.41, 5.74) is 1.59. The topological polar surface area (TPSA) is 76.2 Å². The third kappa shape index (κ3) is 1.59. The Hall–Kier alpha value is -2.50. The van der Waals surface area contributed by atoms with Crippen molar-refractivity contribution in [2.75, 3.05) is 0 Å². The molecule has 6 heteroatoms. The molecule has 84 valence electrons. The SMILES string of the molecule is Cc1cc(O)nc2nc(-c3cccnc3)nn12. The Morgan fingerprint density at radius 1 is 1.29 bits per heavy atom. The summed E-state index contributed by atoms with van der Waals surface area (Å²) in [5, 5.41) is 13.7. The molecule has 3 aromatic rings. The van der Waals surface area contributed by atoms with E-state index >= 15 is 0 Å². The molecule has 0 radical (unpaired) electrons. The van der Waals surface area contributed by atoms with E-state index in [1.807, 2.05) is 19.1 Å². The Kier molecular flexibility index (Phi) is 2.01. The van der Waals surface area contributed by atoms with E-state index in [0.29, 0.717) is 11.6 Å². The second-order valence-corrected chi connectivity index (χ2v) is 3.64. The maximum Gasteiger partial charge on any atom is 0.256 e. The van der Waals surface area contributed by atoms with Crippen molar-refractivity contribution in [2.45, 2.75) is 6.92 Å². The zero-order chi connectivity index (χ0) is 11.8. The summed E-state index contributed by atoms with van der Waals surface area (Å²) in [6.07, 6.45) is 3.37. The predicted molar refractivity (Wildman–Crippen MR) is 60.4 cm³/mol. The van der Waals surface area contributed by atoms with Crippen molar-refractivity contribution in [3.05, 3.63) is 36.3 Å². The quantitative estimate of drug-likeness (QED) is 0.676. The molecule has 3 rings (SSSR count). The second-order valence-electron chi connectivity index (χ2n) is 3.64. The number of pyridine rings is 1. The van der Waals surface area contributed by atoms with Gasteiger partial charge < -0.3 is 5.11 Å². The van der Waals surface area contributed by atoms with Gasteiger partial charge in [-0.25, -0.2) is 4.52 Å². The largest absolute Gasteiger partial charge is 0.493 e. The van der Waals surface area contributed by atoms with Crippen molar-refractivity contribution in [1.29, 1.82) is 0 Å². The maximum absolute atomic E-state index is 9.39. The molecule has 0 aromatic carbocycles. The maximum atomic E-state index is 9.39. The zero-order valence-corrected chi connectivity index (χ0v) is 9.07. The van der Waals surface area contributed by atoms with Gasteiger partial charge in [0, 0.05) is 29.7 Å². The van der Waals surface area contributed by atoms with E-state index in [1.54, 1.807) is 16.9 Å². The van der Waals surface area contributed by atoms with Crippen LogP contribution in [0.15, 0.2) is 30.6 Å². The van der Waals surface area contributed by atoms with Crippen LogP contribution in [0.25, 0.3) is 17.2 Å². The molecular formula is C11H9N5O. The van der Waals surface area contributed by atoms with Crippen LogP contribution >= 0.6 is 0 Å². The van der Waals surface area contributed by atoms with E-state index in [9.17, 15) is 5.11 Å². The van der Waals surface area contributed by atoms with Gasteiger partial charge in [0.1, 0.15) is 0 Å². The molecule has 6 nitrogen and oxygen atoms in total. The van der Waals surface area contributed by atoms with Gasteiger partial charge in [-0.1, -0.05) is 0 Å². The minimum atomic E-state index is -0.0554. The first-order chi connectivity index (χ1) is 8.24. The first-order valence-electron chi connectivity index (χ1n) is 5.08. The molecular weight excluding hydrogens is 218 g/mol. The van der Waals surface area contributed by atoms with E-state index < -0.39 is 0 Å². The summed E-state index contributed by atoms with van der Waals surface area (Å²) in [6, 6.07) is 5.23. The highest BCUT2D eigenvalue weighted by atomic mass is 16.3. The van der Waals surface area contributed by atoms with E-state index in [1.165, 1.54) is 6.07 Å². The van der Waals surface area contributed by atoms with E-state index in [4.69, 9.17) is 0 Å². The third-order valence-electron chi connectivity index (χ3n) is 2.40. The highest BCUT2D eigenvalue weighted by Gasteiger charge is 2.09. The molecule has 0 spiro atoms. The number of aromatic nitrogens is 5. The van der Waals surface area contributed by atoms with Gasteiger partial charge >= 0.3 is 0 Å². The lowest BCUT2D eigenvalue weighted by Crippen LogP contribution is -1.95. The summed E-state index contributed by atoms with van der Waals surface area (Å²) in [7, 11) is 0. The molecule has 3 aromatic heterocycles.